The third-order valence-corrected chi connectivity index (χ3v) is 5.26. The lowest BCUT2D eigenvalue weighted by atomic mass is 9.97. The summed E-state index contributed by atoms with van der Waals surface area (Å²) in [7, 11) is 3.77. The number of hydrogen-bond donors (Lipinski definition) is 1. The molecule has 3 aliphatic heterocycles. The number of ether oxygens (including phenoxy) is 1. The Balaban J connectivity index is 1.84. The third-order valence-electron chi connectivity index (χ3n) is 4.65. The lowest BCUT2D eigenvalue weighted by Gasteiger charge is -2.50. The highest BCUT2D eigenvalue weighted by Gasteiger charge is 2.38. The number of hydrogen-bond acceptors (Lipinski definition) is 5. The molecule has 4 rings (SSSR count). The van der Waals surface area contributed by atoms with Gasteiger partial charge >= 0.3 is 0 Å². The van der Waals surface area contributed by atoms with E-state index < -0.39 is 0 Å². The average molecular weight is 358 g/mol. The quantitative estimate of drug-likeness (QED) is 0.805. The fourth-order valence-corrected chi connectivity index (χ4v) is 4.07. The van der Waals surface area contributed by atoms with Crippen molar-refractivity contribution in [3.05, 3.63) is 16.4 Å². The number of fused-ring (bicyclic) bond motifs is 3. The van der Waals surface area contributed by atoms with Crippen molar-refractivity contribution in [1.82, 2.24) is 24.9 Å². The second-order valence-corrected chi connectivity index (χ2v) is 6.62. The summed E-state index contributed by atoms with van der Waals surface area (Å²) in [6.07, 6.45) is 1.89. The van der Waals surface area contributed by atoms with Crippen molar-refractivity contribution in [2.45, 2.75) is 18.6 Å². The Hall–Kier alpha value is -0.470. The van der Waals surface area contributed by atoms with Crippen molar-refractivity contribution < 1.29 is 4.74 Å². The lowest BCUT2D eigenvalue weighted by molar-refractivity contribution is -0.00409. The molecule has 3 saturated heterocycles. The van der Waals surface area contributed by atoms with Crippen molar-refractivity contribution >= 4 is 15.9 Å². The minimum absolute atomic E-state index is 0.279. The van der Waals surface area contributed by atoms with Crippen molar-refractivity contribution in [3.8, 4) is 0 Å². The zero-order chi connectivity index (χ0) is 14.8. The van der Waals surface area contributed by atoms with Crippen LogP contribution in [0.4, 0.5) is 0 Å². The third kappa shape index (κ3) is 3.03. The van der Waals surface area contributed by atoms with Gasteiger partial charge in [0.1, 0.15) is 0 Å². The Labute approximate surface area is 134 Å². The number of piperazine rings is 3. The van der Waals surface area contributed by atoms with E-state index in [1.54, 1.807) is 7.11 Å². The van der Waals surface area contributed by atoms with Gasteiger partial charge in [0.05, 0.1) is 35.6 Å². The van der Waals surface area contributed by atoms with Gasteiger partial charge in [-0.05, 0) is 23.0 Å². The van der Waals surface area contributed by atoms with E-state index in [2.05, 4.69) is 40.8 Å². The molecule has 7 heteroatoms. The Morgan fingerprint density at radius 3 is 2.76 bits per heavy atom. The van der Waals surface area contributed by atoms with Crippen LogP contribution in [0.5, 0.6) is 0 Å². The highest BCUT2D eigenvalue weighted by Crippen LogP contribution is 2.31. The van der Waals surface area contributed by atoms with E-state index in [1.807, 2.05) is 13.2 Å². The van der Waals surface area contributed by atoms with E-state index in [4.69, 9.17) is 4.74 Å². The van der Waals surface area contributed by atoms with Crippen LogP contribution in [0, 0.1) is 0 Å². The van der Waals surface area contributed by atoms with E-state index in [1.165, 1.54) is 31.9 Å². The number of nitrogens with zero attached hydrogens (tertiary/aromatic N) is 4. The number of halogens is 1. The number of aromatic nitrogens is 2. The normalized spacial score (nSPS) is 29.8. The Bertz CT molecular complexity index is 472. The van der Waals surface area contributed by atoms with E-state index in [0.717, 1.165) is 17.6 Å². The molecule has 0 amide bonds. The molecule has 6 nitrogen and oxygen atoms in total. The number of rotatable bonds is 6. The Kier molecular flexibility index (Phi) is 4.96. The van der Waals surface area contributed by atoms with Gasteiger partial charge in [-0.15, -0.1) is 0 Å². The molecular formula is C14H24BrN5O. The smallest absolute Gasteiger partial charge is 0.0713 e. The molecule has 1 aromatic heterocycles. The fraction of sp³-hybridized carbons (Fsp3) is 0.786. The highest BCUT2D eigenvalue weighted by molar-refractivity contribution is 9.10. The summed E-state index contributed by atoms with van der Waals surface area (Å²) in [5.41, 5.74) is 1.23. The van der Waals surface area contributed by atoms with Crippen LogP contribution in [0.2, 0.25) is 0 Å². The molecule has 3 fully saturated rings. The summed E-state index contributed by atoms with van der Waals surface area (Å²) in [6.45, 7) is 7.35. The summed E-state index contributed by atoms with van der Waals surface area (Å²) in [5.74, 6) is 0. The number of methoxy groups -OCH3 is 1. The summed E-state index contributed by atoms with van der Waals surface area (Å²) >= 11 is 3.67. The summed E-state index contributed by atoms with van der Waals surface area (Å²) in [5, 5.41) is 8.01. The minimum atomic E-state index is 0.279. The van der Waals surface area contributed by atoms with E-state index in [0.29, 0.717) is 12.6 Å². The predicted molar refractivity (Wildman–Crippen MR) is 85.4 cm³/mol. The largest absolute Gasteiger partial charge is 0.383 e. The van der Waals surface area contributed by atoms with Crippen molar-refractivity contribution in [2.24, 2.45) is 0 Å². The van der Waals surface area contributed by atoms with Gasteiger partial charge in [0, 0.05) is 45.9 Å². The second-order valence-electron chi connectivity index (χ2n) is 5.76. The predicted octanol–water partition coefficient (Wildman–Crippen LogP) is 0.552. The molecule has 3 aliphatic rings. The summed E-state index contributed by atoms with van der Waals surface area (Å²) < 4.78 is 8.35. The van der Waals surface area contributed by atoms with Crippen LogP contribution in [0.3, 0.4) is 0 Å². The minimum Gasteiger partial charge on any atom is -0.383 e. The molecule has 2 atom stereocenters. The summed E-state index contributed by atoms with van der Waals surface area (Å²) in [6, 6.07) is 0.786. The van der Waals surface area contributed by atoms with Gasteiger partial charge in [-0.2, -0.15) is 5.10 Å². The average Bonchev–Trinajstić information content (AvgIpc) is 2.89. The summed E-state index contributed by atoms with van der Waals surface area (Å²) in [4.78, 5) is 5.18. The maximum absolute atomic E-state index is 5.20. The van der Waals surface area contributed by atoms with Crippen LogP contribution in [0.25, 0.3) is 0 Å². The van der Waals surface area contributed by atoms with Crippen molar-refractivity contribution in [1.29, 1.82) is 0 Å². The maximum Gasteiger partial charge on any atom is 0.0713 e. The molecule has 0 aromatic carbocycles. The molecule has 0 aliphatic carbocycles. The van der Waals surface area contributed by atoms with Crippen LogP contribution in [0.1, 0.15) is 11.7 Å². The second kappa shape index (κ2) is 6.75. The van der Waals surface area contributed by atoms with E-state index >= 15 is 0 Å². The molecule has 0 spiro atoms. The van der Waals surface area contributed by atoms with Gasteiger partial charge in [-0.1, -0.05) is 0 Å². The molecule has 1 aromatic rings. The zero-order valence-electron chi connectivity index (χ0n) is 12.8. The number of nitrogens with one attached hydrogen (secondary N) is 1. The first-order chi connectivity index (χ1) is 10.2. The van der Waals surface area contributed by atoms with Crippen LogP contribution in [0.15, 0.2) is 10.7 Å². The van der Waals surface area contributed by atoms with Crippen LogP contribution < -0.4 is 5.32 Å². The Morgan fingerprint density at radius 1 is 1.43 bits per heavy atom. The maximum atomic E-state index is 5.20. The topological polar surface area (TPSA) is 45.6 Å². The van der Waals surface area contributed by atoms with Crippen molar-refractivity contribution in [2.75, 3.05) is 53.5 Å². The van der Waals surface area contributed by atoms with E-state index in [-0.39, 0.29) is 6.04 Å². The molecule has 21 heavy (non-hydrogen) atoms. The van der Waals surface area contributed by atoms with E-state index in [9.17, 15) is 0 Å². The molecule has 2 unspecified atom stereocenters. The Morgan fingerprint density at radius 2 is 2.19 bits per heavy atom. The van der Waals surface area contributed by atoms with Crippen LogP contribution in [-0.4, -0.2) is 79.1 Å². The van der Waals surface area contributed by atoms with Gasteiger partial charge in [-0.3, -0.25) is 14.5 Å². The van der Waals surface area contributed by atoms with Gasteiger partial charge in [0.15, 0.2) is 0 Å². The van der Waals surface area contributed by atoms with Crippen LogP contribution >= 0.6 is 15.9 Å². The van der Waals surface area contributed by atoms with Gasteiger partial charge in [0.25, 0.3) is 0 Å². The first-order valence-electron chi connectivity index (χ1n) is 7.58. The van der Waals surface area contributed by atoms with Gasteiger partial charge < -0.3 is 10.1 Å². The lowest BCUT2D eigenvalue weighted by Crippen LogP contribution is -2.64. The monoisotopic (exact) mass is 357 g/mol. The zero-order valence-corrected chi connectivity index (χ0v) is 14.3. The molecule has 118 valence electrons. The van der Waals surface area contributed by atoms with Gasteiger partial charge in [-0.25, -0.2) is 0 Å². The molecular weight excluding hydrogens is 334 g/mol. The first kappa shape index (κ1) is 15.4. The molecule has 1 N–H and O–H groups in total. The fourth-order valence-electron chi connectivity index (χ4n) is 3.52. The standard InChI is InChI=1S/C14H24BrN5O/c1-16-13(12-10-18-3-5-19(12)6-4-18)14-11(15)9-17-20(14)7-8-21-2/h9,12-13,16H,3-8,10H2,1-2H3. The first-order valence-corrected chi connectivity index (χ1v) is 8.37. The molecule has 0 saturated carbocycles. The van der Waals surface area contributed by atoms with Crippen molar-refractivity contribution in [3.63, 3.8) is 0 Å². The van der Waals surface area contributed by atoms with Gasteiger partial charge in [0.2, 0.25) is 0 Å². The molecule has 2 bridgehead atoms. The molecule has 0 radical (unpaired) electrons. The highest BCUT2D eigenvalue weighted by atomic mass is 79.9. The number of likely N-dealkylation sites (N-methyl/N-ethyl adjacent to an activating group) is 1. The van der Waals surface area contributed by atoms with Crippen LogP contribution in [-0.2, 0) is 11.3 Å². The molecule has 4 heterocycles. The SMILES string of the molecule is CNC(c1c(Br)cnn1CCOC)C1CN2CCN1CC2.